The molecule has 0 aliphatic heterocycles. The first-order chi connectivity index (χ1) is 9.56. The number of nitrogens with zero attached hydrogens (tertiary/aromatic N) is 4. The Labute approximate surface area is 114 Å². The number of rotatable bonds is 6. The Morgan fingerprint density at radius 3 is 2.90 bits per heavy atom. The van der Waals surface area contributed by atoms with Crippen molar-refractivity contribution < 1.29 is 14.3 Å². The highest BCUT2D eigenvalue weighted by atomic mass is 19.1. The molecular weight excluding hydrogens is 265 g/mol. The van der Waals surface area contributed by atoms with Crippen molar-refractivity contribution in [1.29, 1.82) is 0 Å². The molecule has 2 aromatic rings. The molecule has 3 N–H and O–H groups in total. The van der Waals surface area contributed by atoms with Crippen molar-refractivity contribution in [3.8, 4) is 0 Å². The van der Waals surface area contributed by atoms with Gasteiger partial charge in [-0.3, -0.25) is 4.79 Å². The lowest BCUT2D eigenvalue weighted by atomic mass is 9.98. The average Bonchev–Trinajstić information content (AvgIpc) is 2.90. The minimum atomic E-state index is -1.11. The van der Waals surface area contributed by atoms with E-state index in [2.05, 4.69) is 15.4 Å². The van der Waals surface area contributed by atoms with E-state index in [-0.39, 0.29) is 6.42 Å². The number of hydrogen-bond acceptors (Lipinski definition) is 5. The molecule has 0 saturated carbocycles. The van der Waals surface area contributed by atoms with Crippen LogP contribution in [0, 0.1) is 5.82 Å². The van der Waals surface area contributed by atoms with E-state index in [1.807, 2.05) is 0 Å². The number of carbonyl (C=O) groups is 1. The second-order valence-corrected chi connectivity index (χ2v) is 4.34. The Hall–Kier alpha value is -2.35. The van der Waals surface area contributed by atoms with Gasteiger partial charge in [-0.25, -0.2) is 4.39 Å². The van der Waals surface area contributed by atoms with Crippen molar-refractivity contribution in [2.45, 2.75) is 25.4 Å². The van der Waals surface area contributed by atoms with Gasteiger partial charge < -0.3 is 10.8 Å². The Morgan fingerprint density at radius 2 is 2.25 bits per heavy atom. The van der Waals surface area contributed by atoms with Crippen LogP contribution in [0.25, 0.3) is 0 Å². The molecule has 0 radical (unpaired) electrons. The van der Waals surface area contributed by atoms with E-state index in [1.165, 1.54) is 23.3 Å². The zero-order valence-corrected chi connectivity index (χ0v) is 10.6. The van der Waals surface area contributed by atoms with Crippen molar-refractivity contribution in [3.05, 3.63) is 41.5 Å². The number of halogens is 1. The highest BCUT2D eigenvalue weighted by Crippen LogP contribution is 2.14. The minimum absolute atomic E-state index is 0.0766. The number of tetrazole rings is 1. The van der Waals surface area contributed by atoms with Gasteiger partial charge >= 0.3 is 5.97 Å². The van der Waals surface area contributed by atoms with E-state index in [0.717, 1.165) is 5.56 Å². The fraction of sp³-hybridized carbons (Fsp3) is 0.333. The van der Waals surface area contributed by atoms with Crippen LogP contribution >= 0.6 is 0 Å². The molecule has 106 valence electrons. The summed E-state index contributed by atoms with van der Waals surface area (Å²) in [6, 6.07) is 3.21. The summed E-state index contributed by atoms with van der Waals surface area (Å²) in [5.74, 6) is -1.53. The number of benzene rings is 1. The first kappa shape index (κ1) is 14.1. The van der Waals surface area contributed by atoms with Crippen molar-refractivity contribution in [2.24, 2.45) is 5.73 Å². The zero-order chi connectivity index (χ0) is 14.5. The van der Waals surface area contributed by atoms with Crippen LogP contribution in [0.1, 0.15) is 11.1 Å². The van der Waals surface area contributed by atoms with Crippen molar-refractivity contribution in [3.63, 3.8) is 0 Å². The van der Waals surface area contributed by atoms with Gasteiger partial charge in [-0.2, -0.15) is 4.80 Å². The maximum Gasteiger partial charge on any atom is 0.320 e. The van der Waals surface area contributed by atoms with Crippen LogP contribution in [0.3, 0.4) is 0 Å². The summed E-state index contributed by atoms with van der Waals surface area (Å²) in [6.07, 6.45) is 1.94. The smallest absolute Gasteiger partial charge is 0.320 e. The van der Waals surface area contributed by atoms with Crippen LogP contribution < -0.4 is 5.73 Å². The van der Waals surface area contributed by atoms with Gasteiger partial charge in [0.25, 0.3) is 0 Å². The first-order valence-corrected chi connectivity index (χ1v) is 6.02. The third-order valence-electron chi connectivity index (χ3n) is 2.90. The molecule has 0 unspecified atom stereocenters. The lowest BCUT2D eigenvalue weighted by molar-refractivity contribution is -0.138. The predicted octanol–water partition coefficient (Wildman–Crippen LogP) is 0.00930. The van der Waals surface area contributed by atoms with Crippen LogP contribution in [-0.2, 0) is 24.2 Å². The lowest BCUT2D eigenvalue weighted by Gasteiger charge is -2.12. The van der Waals surface area contributed by atoms with Crippen LogP contribution in [-0.4, -0.2) is 37.3 Å². The maximum absolute atomic E-state index is 13.3. The molecule has 2 rings (SSSR count). The van der Waals surface area contributed by atoms with Gasteiger partial charge in [0.1, 0.15) is 11.9 Å². The molecule has 0 aliphatic carbocycles. The summed E-state index contributed by atoms with van der Waals surface area (Å²) < 4.78 is 13.3. The largest absolute Gasteiger partial charge is 0.480 e. The Balaban J connectivity index is 2.12. The molecule has 7 nitrogen and oxygen atoms in total. The number of aliphatic carboxylic acids is 1. The zero-order valence-electron chi connectivity index (χ0n) is 10.6. The minimum Gasteiger partial charge on any atom is -0.480 e. The second kappa shape index (κ2) is 6.20. The quantitative estimate of drug-likeness (QED) is 0.771. The molecule has 0 spiro atoms. The van der Waals surface area contributed by atoms with Gasteiger partial charge in [0.2, 0.25) is 0 Å². The van der Waals surface area contributed by atoms with E-state index in [1.54, 1.807) is 6.07 Å². The summed E-state index contributed by atoms with van der Waals surface area (Å²) in [5, 5.41) is 20.0. The normalized spacial score (nSPS) is 12.3. The van der Waals surface area contributed by atoms with E-state index in [4.69, 9.17) is 10.8 Å². The molecule has 1 heterocycles. The van der Waals surface area contributed by atoms with Crippen LogP contribution in [0.15, 0.2) is 24.5 Å². The Morgan fingerprint density at radius 1 is 1.45 bits per heavy atom. The van der Waals surface area contributed by atoms with Gasteiger partial charge in [0.15, 0.2) is 6.33 Å². The monoisotopic (exact) mass is 279 g/mol. The van der Waals surface area contributed by atoms with Crippen LogP contribution in [0.4, 0.5) is 4.39 Å². The fourth-order valence-corrected chi connectivity index (χ4v) is 1.86. The molecule has 20 heavy (non-hydrogen) atoms. The van der Waals surface area contributed by atoms with Crippen LogP contribution in [0.5, 0.6) is 0 Å². The van der Waals surface area contributed by atoms with E-state index < -0.39 is 17.8 Å². The van der Waals surface area contributed by atoms with Gasteiger partial charge in [0.05, 0.1) is 6.54 Å². The molecule has 0 aliphatic rings. The van der Waals surface area contributed by atoms with Crippen molar-refractivity contribution in [2.75, 3.05) is 0 Å². The van der Waals surface area contributed by atoms with Crippen LogP contribution in [0.2, 0.25) is 0 Å². The second-order valence-electron chi connectivity index (χ2n) is 4.34. The molecule has 0 amide bonds. The van der Waals surface area contributed by atoms with Gasteiger partial charge in [0, 0.05) is 0 Å². The van der Waals surface area contributed by atoms with Gasteiger partial charge in [-0.15, -0.1) is 10.2 Å². The third kappa shape index (κ3) is 3.58. The number of carboxylic acids is 1. The molecule has 1 aromatic heterocycles. The standard InChI is InChI=1S/C12H14FN5O2/c13-10-2-1-8(3-4-18-16-7-15-17-18)9(5-10)6-11(14)12(19)20/h1-2,5,7,11H,3-4,6,14H2,(H,19,20)/t11-/m0/s1. The number of hydrogen-bond donors (Lipinski definition) is 2. The summed E-state index contributed by atoms with van der Waals surface area (Å²) in [4.78, 5) is 12.2. The Bertz CT molecular complexity index is 588. The topological polar surface area (TPSA) is 107 Å². The van der Waals surface area contributed by atoms with Gasteiger partial charge in [-0.1, -0.05) is 6.07 Å². The first-order valence-electron chi connectivity index (χ1n) is 6.02. The molecule has 1 atom stereocenters. The molecular formula is C12H14FN5O2. The molecule has 1 aromatic carbocycles. The molecule has 0 bridgehead atoms. The SMILES string of the molecule is N[C@@H](Cc1cc(F)ccc1CCn1ncnn1)C(=O)O. The number of aromatic nitrogens is 4. The summed E-state index contributed by atoms with van der Waals surface area (Å²) in [7, 11) is 0. The van der Waals surface area contributed by atoms with Gasteiger partial charge in [-0.05, 0) is 41.3 Å². The number of carboxylic acid groups (broad SMARTS) is 1. The highest BCUT2D eigenvalue weighted by Gasteiger charge is 2.15. The fourth-order valence-electron chi connectivity index (χ4n) is 1.86. The molecule has 0 fully saturated rings. The van der Waals surface area contributed by atoms with E-state index >= 15 is 0 Å². The highest BCUT2D eigenvalue weighted by molar-refractivity contribution is 5.73. The number of nitrogens with two attached hydrogens (primary N) is 1. The summed E-state index contributed by atoms with van der Waals surface area (Å²) >= 11 is 0. The van der Waals surface area contributed by atoms with Crippen molar-refractivity contribution in [1.82, 2.24) is 20.2 Å². The Kier molecular flexibility index (Phi) is 4.36. The summed E-state index contributed by atoms with van der Waals surface area (Å²) in [5.41, 5.74) is 6.90. The predicted molar refractivity (Wildman–Crippen MR) is 67.2 cm³/mol. The average molecular weight is 279 g/mol. The van der Waals surface area contributed by atoms with E-state index in [9.17, 15) is 9.18 Å². The van der Waals surface area contributed by atoms with E-state index in [0.29, 0.717) is 18.5 Å². The summed E-state index contributed by atoms with van der Waals surface area (Å²) in [6.45, 7) is 0.473. The number of aryl methyl sites for hydroxylation is 2. The molecule has 0 saturated heterocycles. The third-order valence-corrected chi connectivity index (χ3v) is 2.90. The molecule has 8 heteroatoms. The lowest BCUT2D eigenvalue weighted by Crippen LogP contribution is -2.32. The maximum atomic E-state index is 13.3. The van der Waals surface area contributed by atoms with Crippen molar-refractivity contribution >= 4 is 5.97 Å².